The fourth-order valence-electron chi connectivity index (χ4n) is 1.63. The first-order chi connectivity index (χ1) is 7.57. The minimum atomic E-state index is 0.194. The molecule has 1 atom stereocenters. The summed E-state index contributed by atoms with van der Waals surface area (Å²) >= 11 is 3.61. The van der Waals surface area contributed by atoms with Crippen LogP contribution >= 0.6 is 23.1 Å². The third-order valence-electron chi connectivity index (χ3n) is 2.68. The van der Waals surface area contributed by atoms with E-state index in [2.05, 4.69) is 43.6 Å². The smallest absolute Gasteiger partial charge is 0.157 e. The van der Waals surface area contributed by atoms with Crippen LogP contribution in [0.5, 0.6) is 0 Å². The second kappa shape index (κ2) is 4.80. The van der Waals surface area contributed by atoms with Crippen LogP contribution in [0, 0.1) is 0 Å². The van der Waals surface area contributed by atoms with Crippen LogP contribution in [0.4, 0.5) is 0 Å². The van der Waals surface area contributed by atoms with Gasteiger partial charge in [0.25, 0.3) is 0 Å². The zero-order valence-corrected chi connectivity index (χ0v) is 11.6. The van der Waals surface area contributed by atoms with E-state index in [9.17, 15) is 0 Å². The number of hydrogen-bond donors (Lipinski definition) is 1. The summed E-state index contributed by atoms with van der Waals surface area (Å²) in [5, 5.41) is 6.71. The quantitative estimate of drug-likeness (QED) is 0.871. The number of rotatable bonds is 2. The van der Waals surface area contributed by atoms with Gasteiger partial charge in [-0.15, -0.1) is 11.3 Å². The molecule has 1 fully saturated rings. The molecule has 1 N–H and O–H groups in total. The molecule has 0 radical (unpaired) electrons. The summed E-state index contributed by atoms with van der Waals surface area (Å²) in [5.41, 5.74) is 0.194. The summed E-state index contributed by atoms with van der Waals surface area (Å²) in [4.78, 5) is 6.08. The van der Waals surface area contributed by atoms with Crippen LogP contribution in [-0.2, 0) is 0 Å². The maximum absolute atomic E-state index is 4.75. The molecule has 1 unspecified atom stereocenters. The van der Waals surface area contributed by atoms with E-state index in [0.717, 1.165) is 10.9 Å². The van der Waals surface area contributed by atoms with Crippen molar-refractivity contribution in [1.29, 1.82) is 0 Å². The second-order valence-electron chi connectivity index (χ2n) is 4.73. The van der Waals surface area contributed by atoms with E-state index in [1.54, 1.807) is 11.3 Å². The van der Waals surface area contributed by atoms with Crippen LogP contribution in [0.15, 0.2) is 22.5 Å². The van der Waals surface area contributed by atoms with E-state index in [0.29, 0.717) is 0 Å². The molecule has 1 aromatic rings. The molecule has 88 valence electrons. The minimum absolute atomic E-state index is 0.194. The summed E-state index contributed by atoms with van der Waals surface area (Å²) in [6, 6.07) is 4.50. The third kappa shape index (κ3) is 3.01. The van der Waals surface area contributed by atoms with Gasteiger partial charge in [-0.05, 0) is 38.6 Å². The van der Waals surface area contributed by atoms with Crippen LogP contribution in [0.3, 0.4) is 0 Å². The molecule has 0 spiro atoms. The molecule has 1 aromatic heterocycles. The van der Waals surface area contributed by atoms with Crippen molar-refractivity contribution >= 4 is 28.3 Å². The number of amidine groups is 1. The van der Waals surface area contributed by atoms with Gasteiger partial charge in [0.1, 0.15) is 0 Å². The highest BCUT2D eigenvalue weighted by atomic mass is 32.2. The fourth-order valence-corrected chi connectivity index (χ4v) is 3.74. The second-order valence-corrected chi connectivity index (χ2v) is 6.80. The molecule has 4 heteroatoms. The van der Waals surface area contributed by atoms with Gasteiger partial charge in [-0.2, -0.15) is 0 Å². The summed E-state index contributed by atoms with van der Waals surface area (Å²) in [6.07, 6.45) is 1.20. The zero-order chi connectivity index (χ0) is 11.6. The van der Waals surface area contributed by atoms with Crippen molar-refractivity contribution in [3.8, 4) is 0 Å². The fraction of sp³-hybridized carbons (Fsp3) is 0.583. The van der Waals surface area contributed by atoms with Gasteiger partial charge in [-0.25, -0.2) is 0 Å². The Kier molecular flexibility index (Phi) is 3.60. The molecule has 0 bridgehead atoms. The molecule has 1 aliphatic heterocycles. The Balaban J connectivity index is 2.06. The number of thioether (sulfide) groups is 1. The van der Waals surface area contributed by atoms with E-state index in [1.807, 2.05) is 11.8 Å². The van der Waals surface area contributed by atoms with E-state index < -0.39 is 0 Å². The molecule has 2 heterocycles. The molecular formula is C12H18N2S2. The van der Waals surface area contributed by atoms with Crippen LogP contribution in [0.2, 0.25) is 0 Å². The molecule has 1 aliphatic rings. The summed E-state index contributed by atoms with van der Waals surface area (Å²) < 4.78 is 0. The molecule has 0 saturated carbocycles. The van der Waals surface area contributed by atoms with E-state index in [-0.39, 0.29) is 11.6 Å². The lowest BCUT2D eigenvalue weighted by Crippen LogP contribution is -2.46. The number of hydrogen-bond acceptors (Lipinski definition) is 3. The predicted molar refractivity (Wildman–Crippen MR) is 74.5 cm³/mol. The summed E-state index contributed by atoms with van der Waals surface area (Å²) in [6.45, 7) is 6.62. The SMILES string of the molecule is CC(N=C1NC(C)(C)CCS1)c1cccs1. The lowest BCUT2D eigenvalue weighted by atomic mass is 10.0. The third-order valence-corrected chi connectivity index (χ3v) is 4.61. The molecule has 16 heavy (non-hydrogen) atoms. The zero-order valence-electron chi connectivity index (χ0n) is 9.99. The normalized spacial score (nSPS) is 24.1. The van der Waals surface area contributed by atoms with Gasteiger partial charge < -0.3 is 5.32 Å². The van der Waals surface area contributed by atoms with Crippen molar-refractivity contribution in [2.75, 3.05) is 5.75 Å². The maximum Gasteiger partial charge on any atom is 0.157 e. The Morgan fingerprint density at radius 3 is 2.94 bits per heavy atom. The van der Waals surface area contributed by atoms with Gasteiger partial charge in [0.05, 0.1) is 6.04 Å². The van der Waals surface area contributed by atoms with Crippen molar-refractivity contribution in [2.45, 2.75) is 38.8 Å². The highest BCUT2D eigenvalue weighted by Crippen LogP contribution is 2.26. The minimum Gasteiger partial charge on any atom is -0.360 e. The van der Waals surface area contributed by atoms with E-state index >= 15 is 0 Å². The first kappa shape index (κ1) is 12.0. The monoisotopic (exact) mass is 254 g/mol. The predicted octanol–water partition coefficient (Wildman–Crippen LogP) is 3.67. The Morgan fingerprint density at radius 2 is 2.31 bits per heavy atom. The molecular weight excluding hydrogens is 236 g/mol. The van der Waals surface area contributed by atoms with Crippen LogP contribution in [-0.4, -0.2) is 16.5 Å². The largest absolute Gasteiger partial charge is 0.360 e. The average molecular weight is 254 g/mol. The van der Waals surface area contributed by atoms with Gasteiger partial charge in [0, 0.05) is 16.2 Å². The maximum atomic E-state index is 4.75. The average Bonchev–Trinajstić information content (AvgIpc) is 2.68. The van der Waals surface area contributed by atoms with Gasteiger partial charge in [0.15, 0.2) is 5.17 Å². The Bertz CT molecular complexity index is 368. The Hall–Kier alpha value is -0.480. The standard InChI is InChI=1S/C12H18N2S2/c1-9(10-5-4-7-15-10)13-11-14-12(2,3)6-8-16-11/h4-5,7,9H,6,8H2,1-3H3,(H,13,14). The van der Waals surface area contributed by atoms with Crippen molar-refractivity contribution in [3.63, 3.8) is 0 Å². The van der Waals surface area contributed by atoms with Gasteiger partial charge in [-0.1, -0.05) is 17.8 Å². The molecule has 0 amide bonds. The molecule has 0 aromatic carbocycles. The number of aliphatic imine (C=N–C) groups is 1. The van der Waals surface area contributed by atoms with Crippen LogP contribution < -0.4 is 5.32 Å². The molecule has 2 rings (SSSR count). The van der Waals surface area contributed by atoms with Crippen LogP contribution in [0.25, 0.3) is 0 Å². The topological polar surface area (TPSA) is 24.4 Å². The number of nitrogens with zero attached hydrogens (tertiary/aromatic N) is 1. The lowest BCUT2D eigenvalue weighted by molar-refractivity contribution is 0.445. The van der Waals surface area contributed by atoms with Gasteiger partial charge in [0.2, 0.25) is 0 Å². The van der Waals surface area contributed by atoms with Crippen molar-refractivity contribution < 1.29 is 0 Å². The summed E-state index contributed by atoms with van der Waals surface area (Å²) in [7, 11) is 0. The highest BCUT2D eigenvalue weighted by Gasteiger charge is 2.24. The van der Waals surface area contributed by atoms with Gasteiger partial charge in [-0.3, -0.25) is 4.99 Å². The lowest BCUT2D eigenvalue weighted by Gasteiger charge is -2.32. The Labute approximate surface area is 106 Å². The Morgan fingerprint density at radius 1 is 1.50 bits per heavy atom. The number of nitrogens with one attached hydrogen (secondary N) is 1. The first-order valence-electron chi connectivity index (χ1n) is 5.59. The molecule has 2 nitrogen and oxygen atoms in total. The molecule has 0 aliphatic carbocycles. The van der Waals surface area contributed by atoms with Crippen molar-refractivity contribution in [2.24, 2.45) is 4.99 Å². The van der Waals surface area contributed by atoms with Gasteiger partial charge >= 0.3 is 0 Å². The van der Waals surface area contributed by atoms with E-state index in [4.69, 9.17) is 4.99 Å². The van der Waals surface area contributed by atoms with Crippen molar-refractivity contribution in [1.82, 2.24) is 5.32 Å². The highest BCUT2D eigenvalue weighted by molar-refractivity contribution is 8.13. The summed E-state index contributed by atoms with van der Waals surface area (Å²) in [5.74, 6) is 1.16. The molecule has 1 saturated heterocycles. The van der Waals surface area contributed by atoms with Crippen LogP contribution in [0.1, 0.15) is 38.1 Å². The first-order valence-corrected chi connectivity index (χ1v) is 7.45. The van der Waals surface area contributed by atoms with E-state index in [1.165, 1.54) is 11.3 Å². The number of thiophene rings is 1. The van der Waals surface area contributed by atoms with Crippen molar-refractivity contribution in [3.05, 3.63) is 22.4 Å².